The molecule has 0 saturated carbocycles. The largest absolute Gasteiger partial charge is 0.478 e. The zero-order valence-corrected chi connectivity index (χ0v) is 12.8. The van der Waals surface area contributed by atoms with Crippen LogP contribution in [0.3, 0.4) is 0 Å². The van der Waals surface area contributed by atoms with E-state index in [2.05, 4.69) is 37.8 Å². The Labute approximate surface area is 124 Å². The molecule has 0 saturated heterocycles. The van der Waals surface area contributed by atoms with Gasteiger partial charge < -0.3 is 9.63 Å². The van der Waals surface area contributed by atoms with Gasteiger partial charge in [-0.3, -0.25) is 0 Å². The Morgan fingerprint density at radius 2 is 2.10 bits per heavy atom. The molecule has 0 aliphatic rings. The summed E-state index contributed by atoms with van der Waals surface area (Å²) >= 11 is 0. The molecule has 0 aliphatic heterocycles. The highest BCUT2D eigenvalue weighted by atomic mass is 16.5. The van der Waals surface area contributed by atoms with Crippen LogP contribution in [0.1, 0.15) is 43.9 Å². The van der Waals surface area contributed by atoms with Crippen LogP contribution in [0.4, 0.5) is 0 Å². The molecule has 5 nitrogen and oxygen atoms in total. The number of benzene rings is 1. The normalized spacial score (nSPS) is 13.1. The number of hydrogen-bond acceptors (Lipinski definition) is 4. The van der Waals surface area contributed by atoms with Gasteiger partial charge >= 0.3 is 5.97 Å². The van der Waals surface area contributed by atoms with Crippen LogP contribution >= 0.6 is 0 Å². The lowest BCUT2D eigenvalue weighted by molar-refractivity contribution is 0.0697. The third-order valence-corrected chi connectivity index (χ3v) is 3.80. The van der Waals surface area contributed by atoms with Crippen LogP contribution in [-0.2, 0) is 6.42 Å². The average Bonchev–Trinajstić information content (AvgIpc) is 2.86. The van der Waals surface area contributed by atoms with Gasteiger partial charge in [0.05, 0.1) is 5.56 Å². The van der Waals surface area contributed by atoms with Gasteiger partial charge in [0.15, 0.2) is 0 Å². The molecule has 112 valence electrons. The number of carboxylic acid groups (broad SMARTS) is 1. The number of carboxylic acids is 1. The van der Waals surface area contributed by atoms with Gasteiger partial charge in [0.1, 0.15) is 0 Å². The molecule has 5 heteroatoms. The minimum atomic E-state index is -0.970. The molecule has 0 aliphatic carbocycles. The Balaban J connectivity index is 2.20. The summed E-state index contributed by atoms with van der Waals surface area (Å²) in [6, 6.07) is 6.53. The first-order valence-electron chi connectivity index (χ1n) is 6.93. The van der Waals surface area contributed by atoms with Gasteiger partial charge in [-0.1, -0.05) is 45.0 Å². The van der Waals surface area contributed by atoms with E-state index in [0.29, 0.717) is 29.6 Å². The van der Waals surface area contributed by atoms with E-state index in [9.17, 15) is 4.79 Å². The highest BCUT2D eigenvalue weighted by molar-refractivity contribution is 5.89. The van der Waals surface area contributed by atoms with Crippen molar-refractivity contribution in [3.63, 3.8) is 0 Å². The molecule has 1 unspecified atom stereocenters. The van der Waals surface area contributed by atoms with E-state index in [1.165, 1.54) is 6.07 Å². The topological polar surface area (TPSA) is 76.2 Å². The Bertz CT molecular complexity index is 641. The second-order valence-corrected chi connectivity index (χ2v) is 6.37. The molecule has 0 amide bonds. The van der Waals surface area contributed by atoms with E-state index >= 15 is 0 Å². The van der Waals surface area contributed by atoms with Crippen molar-refractivity contribution in [3.05, 3.63) is 35.7 Å². The number of hydrogen-bond donors (Lipinski definition) is 1. The summed E-state index contributed by atoms with van der Waals surface area (Å²) in [5.74, 6) is 0.431. The number of carbonyl (C=O) groups is 1. The maximum absolute atomic E-state index is 11.0. The SMILES string of the molecule is CC(Cc1nc(-c2cccc(C(=O)O)c2)no1)C(C)(C)C. The molecule has 0 radical (unpaired) electrons. The van der Waals surface area contributed by atoms with E-state index in [-0.39, 0.29) is 11.0 Å². The predicted octanol–water partition coefficient (Wildman–Crippen LogP) is 3.66. The van der Waals surface area contributed by atoms with E-state index in [1.54, 1.807) is 18.2 Å². The summed E-state index contributed by atoms with van der Waals surface area (Å²) in [6.45, 7) is 8.66. The molecule has 2 aromatic rings. The number of aromatic carboxylic acids is 1. The molecule has 21 heavy (non-hydrogen) atoms. The summed E-state index contributed by atoms with van der Waals surface area (Å²) in [5.41, 5.74) is 1.02. The van der Waals surface area contributed by atoms with Gasteiger partial charge in [-0.2, -0.15) is 4.98 Å². The zero-order valence-electron chi connectivity index (χ0n) is 12.8. The van der Waals surface area contributed by atoms with Crippen LogP contribution in [0.5, 0.6) is 0 Å². The first-order valence-corrected chi connectivity index (χ1v) is 6.93. The standard InChI is InChI=1S/C16H20N2O3/c1-10(16(2,3)4)8-13-17-14(18-21-13)11-6-5-7-12(9-11)15(19)20/h5-7,9-10H,8H2,1-4H3,(H,19,20). The van der Waals surface area contributed by atoms with Crippen LogP contribution in [0.15, 0.2) is 28.8 Å². The molecule has 1 aromatic heterocycles. The quantitative estimate of drug-likeness (QED) is 0.929. The Hall–Kier alpha value is -2.17. The third kappa shape index (κ3) is 3.68. The molecule has 0 fully saturated rings. The minimum absolute atomic E-state index is 0.165. The molecule has 0 spiro atoms. The minimum Gasteiger partial charge on any atom is -0.478 e. The second kappa shape index (κ2) is 5.68. The monoisotopic (exact) mass is 288 g/mol. The van der Waals surface area contributed by atoms with Gasteiger partial charge in [-0.15, -0.1) is 0 Å². The maximum atomic E-state index is 11.0. The molecule has 1 heterocycles. The summed E-state index contributed by atoms with van der Waals surface area (Å²) in [4.78, 5) is 15.3. The van der Waals surface area contributed by atoms with Crippen LogP contribution in [-0.4, -0.2) is 21.2 Å². The van der Waals surface area contributed by atoms with E-state index in [1.807, 2.05) is 0 Å². The highest BCUT2D eigenvalue weighted by Crippen LogP contribution is 2.28. The Kier molecular flexibility index (Phi) is 4.11. The van der Waals surface area contributed by atoms with Crippen LogP contribution < -0.4 is 0 Å². The molecule has 1 N–H and O–H groups in total. The second-order valence-electron chi connectivity index (χ2n) is 6.37. The fraction of sp³-hybridized carbons (Fsp3) is 0.438. The van der Waals surface area contributed by atoms with E-state index in [0.717, 1.165) is 0 Å². The lowest BCUT2D eigenvalue weighted by Gasteiger charge is -2.25. The van der Waals surface area contributed by atoms with Gasteiger partial charge in [0.25, 0.3) is 0 Å². The van der Waals surface area contributed by atoms with Gasteiger partial charge in [0.2, 0.25) is 11.7 Å². The summed E-state index contributed by atoms with van der Waals surface area (Å²) in [5, 5.41) is 12.9. The fourth-order valence-electron chi connectivity index (χ4n) is 1.81. The lowest BCUT2D eigenvalue weighted by atomic mass is 9.80. The van der Waals surface area contributed by atoms with Gasteiger partial charge in [0, 0.05) is 12.0 Å². The van der Waals surface area contributed by atoms with E-state index < -0.39 is 5.97 Å². The van der Waals surface area contributed by atoms with Crippen molar-refractivity contribution in [2.75, 3.05) is 0 Å². The predicted molar refractivity (Wildman–Crippen MR) is 79.0 cm³/mol. The van der Waals surface area contributed by atoms with Crippen LogP contribution in [0, 0.1) is 11.3 Å². The molecule has 1 atom stereocenters. The molecular weight excluding hydrogens is 268 g/mol. The van der Waals surface area contributed by atoms with Crippen molar-refractivity contribution in [3.8, 4) is 11.4 Å². The Morgan fingerprint density at radius 3 is 2.71 bits per heavy atom. The van der Waals surface area contributed by atoms with Gasteiger partial charge in [-0.05, 0) is 23.5 Å². The summed E-state index contributed by atoms with van der Waals surface area (Å²) < 4.78 is 5.28. The summed E-state index contributed by atoms with van der Waals surface area (Å²) in [7, 11) is 0. The lowest BCUT2D eigenvalue weighted by Crippen LogP contribution is -2.19. The number of nitrogens with zero attached hydrogens (tertiary/aromatic N) is 2. The maximum Gasteiger partial charge on any atom is 0.335 e. The zero-order chi connectivity index (χ0) is 15.6. The number of aromatic nitrogens is 2. The first-order chi connectivity index (χ1) is 9.77. The molecular formula is C16H20N2O3. The average molecular weight is 288 g/mol. The summed E-state index contributed by atoms with van der Waals surface area (Å²) in [6.07, 6.45) is 0.703. The van der Waals surface area contributed by atoms with Crippen molar-refractivity contribution in [1.29, 1.82) is 0 Å². The Morgan fingerprint density at radius 1 is 1.38 bits per heavy atom. The molecule has 1 aromatic carbocycles. The van der Waals surface area contributed by atoms with Crippen molar-refractivity contribution in [1.82, 2.24) is 10.1 Å². The van der Waals surface area contributed by atoms with Gasteiger partial charge in [-0.25, -0.2) is 4.79 Å². The van der Waals surface area contributed by atoms with Crippen LogP contribution in [0.25, 0.3) is 11.4 Å². The highest BCUT2D eigenvalue weighted by Gasteiger charge is 2.23. The van der Waals surface area contributed by atoms with Crippen LogP contribution in [0.2, 0.25) is 0 Å². The first kappa shape index (κ1) is 15.2. The smallest absolute Gasteiger partial charge is 0.335 e. The number of rotatable bonds is 4. The van der Waals surface area contributed by atoms with Crippen molar-refractivity contribution >= 4 is 5.97 Å². The third-order valence-electron chi connectivity index (χ3n) is 3.80. The van der Waals surface area contributed by atoms with Crippen molar-refractivity contribution in [2.24, 2.45) is 11.3 Å². The molecule has 2 rings (SSSR count). The van der Waals surface area contributed by atoms with Crippen molar-refractivity contribution < 1.29 is 14.4 Å². The van der Waals surface area contributed by atoms with Crippen molar-refractivity contribution in [2.45, 2.75) is 34.1 Å². The fourth-order valence-corrected chi connectivity index (χ4v) is 1.81. The van der Waals surface area contributed by atoms with E-state index in [4.69, 9.17) is 9.63 Å². The molecule has 0 bridgehead atoms.